The number of hydrogen-bond donors (Lipinski definition) is 0. The Balaban J connectivity index is 1.39. The number of benzene rings is 2. The van der Waals surface area contributed by atoms with Crippen LogP contribution < -0.4 is 4.74 Å². The molecule has 156 valence electrons. The summed E-state index contributed by atoms with van der Waals surface area (Å²) in [5.74, 6) is 1.47. The third kappa shape index (κ3) is 4.67. The highest BCUT2D eigenvalue weighted by Crippen LogP contribution is 2.29. The van der Waals surface area contributed by atoms with E-state index >= 15 is 0 Å². The fourth-order valence-electron chi connectivity index (χ4n) is 3.67. The zero-order chi connectivity index (χ0) is 20.9. The molecule has 1 amide bonds. The van der Waals surface area contributed by atoms with Crippen molar-refractivity contribution in [2.75, 3.05) is 19.7 Å². The number of carbonyl (C=O) groups is 1. The van der Waals surface area contributed by atoms with Crippen LogP contribution in [0.15, 0.2) is 52.9 Å². The SMILES string of the molecule is CCOc1ccc(CC(=O)N2CCCC(c3nnc(-c4ccc(F)cc4)o3)C2)cc1. The Morgan fingerprint density at radius 1 is 1.17 bits per heavy atom. The lowest BCUT2D eigenvalue weighted by atomic mass is 9.97. The molecule has 1 aromatic heterocycles. The standard InChI is InChI=1S/C23H24FN3O3/c1-2-29-20-11-5-16(6-12-20)14-21(28)27-13-3-4-18(15-27)23-26-25-22(30-23)17-7-9-19(24)10-8-17/h5-12,18H,2-4,13-15H2,1H3. The van der Waals surface area contributed by atoms with Crippen molar-refractivity contribution >= 4 is 5.91 Å². The lowest BCUT2D eigenvalue weighted by Gasteiger charge is -2.31. The van der Waals surface area contributed by atoms with E-state index in [9.17, 15) is 9.18 Å². The number of likely N-dealkylation sites (tertiary alicyclic amines) is 1. The fraction of sp³-hybridized carbons (Fsp3) is 0.348. The van der Waals surface area contributed by atoms with Gasteiger partial charge in [-0.05, 0) is 61.7 Å². The summed E-state index contributed by atoms with van der Waals surface area (Å²) in [6.07, 6.45) is 2.12. The summed E-state index contributed by atoms with van der Waals surface area (Å²) in [6.45, 7) is 3.84. The van der Waals surface area contributed by atoms with Gasteiger partial charge in [0.25, 0.3) is 0 Å². The second-order valence-corrected chi connectivity index (χ2v) is 7.38. The third-order valence-corrected chi connectivity index (χ3v) is 5.24. The number of nitrogens with zero attached hydrogens (tertiary/aromatic N) is 3. The lowest BCUT2D eigenvalue weighted by molar-refractivity contribution is -0.131. The Kier molecular flexibility index (Phi) is 6.07. The number of rotatable bonds is 6. The molecule has 0 radical (unpaired) electrons. The molecule has 30 heavy (non-hydrogen) atoms. The zero-order valence-corrected chi connectivity index (χ0v) is 16.9. The minimum absolute atomic E-state index is 0.00438. The average Bonchev–Trinajstić information content (AvgIpc) is 3.26. The van der Waals surface area contributed by atoms with Crippen molar-refractivity contribution in [1.82, 2.24) is 15.1 Å². The van der Waals surface area contributed by atoms with Crippen LogP contribution in [0, 0.1) is 5.82 Å². The van der Waals surface area contributed by atoms with Crippen molar-refractivity contribution in [3.05, 3.63) is 65.8 Å². The molecule has 1 unspecified atom stereocenters. The van der Waals surface area contributed by atoms with E-state index in [-0.39, 0.29) is 17.6 Å². The molecule has 0 bridgehead atoms. The van der Waals surface area contributed by atoms with Crippen molar-refractivity contribution < 1.29 is 18.3 Å². The predicted octanol–water partition coefficient (Wildman–Crippen LogP) is 4.22. The Hall–Kier alpha value is -3.22. The minimum Gasteiger partial charge on any atom is -0.494 e. The summed E-state index contributed by atoms with van der Waals surface area (Å²) in [4.78, 5) is 14.7. The maximum absolute atomic E-state index is 13.1. The van der Waals surface area contributed by atoms with Crippen molar-refractivity contribution in [3.8, 4) is 17.2 Å². The van der Waals surface area contributed by atoms with E-state index in [1.54, 1.807) is 12.1 Å². The number of piperidine rings is 1. The number of hydrogen-bond acceptors (Lipinski definition) is 5. The lowest BCUT2D eigenvalue weighted by Crippen LogP contribution is -2.40. The van der Waals surface area contributed by atoms with Crippen molar-refractivity contribution in [2.45, 2.75) is 32.1 Å². The van der Waals surface area contributed by atoms with E-state index in [1.807, 2.05) is 36.1 Å². The number of halogens is 1. The summed E-state index contributed by atoms with van der Waals surface area (Å²) in [5, 5.41) is 8.28. The summed E-state index contributed by atoms with van der Waals surface area (Å²) >= 11 is 0. The molecule has 1 aliphatic rings. The van der Waals surface area contributed by atoms with Gasteiger partial charge < -0.3 is 14.1 Å². The molecule has 1 aliphatic heterocycles. The van der Waals surface area contributed by atoms with Crippen LogP contribution >= 0.6 is 0 Å². The third-order valence-electron chi connectivity index (χ3n) is 5.24. The van der Waals surface area contributed by atoms with Gasteiger partial charge in [0.2, 0.25) is 17.7 Å². The smallest absolute Gasteiger partial charge is 0.247 e. The van der Waals surface area contributed by atoms with Gasteiger partial charge >= 0.3 is 0 Å². The molecule has 1 fully saturated rings. The highest BCUT2D eigenvalue weighted by atomic mass is 19.1. The Morgan fingerprint density at radius 3 is 2.67 bits per heavy atom. The van der Waals surface area contributed by atoms with Crippen LogP contribution in [0.4, 0.5) is 4.39 Å². The first-order chi connectivity index (χ1) is 14.6. The van der Waals surface area contributed by atoms with Crippen molar-refractivity contribution in [3.63, 3.8) is 0 Å². The number of amides is 1. The van der Waals surface area contributed by atoms with Crippen LogP contribution in [-0.2, 0) is 11.2 Å². The number of carbonyl (C=O) groups excluding carboxylic acids is 1. The van der Waals surface area contributed by atoms with Gasteiger partial charge in [-0.15, -0.1) is 10.2 Å². The van der Waals surface area contributed by atoms with Gasteiger partial charge in [0, 0.05) is 18.7 Å². The highest BCUT2D eigenvalue weighted by molar-refractivity contribution is 5.79. The topological polar surface area (TPSA) is 68.5 Å². The number of aromatic nitrogens is 2. The summed E-state index contributed by atoms with van der Waals surface area (Å²) in [6, 6.07) is 13.6. The predicted molar refractivity (Wildman–Crippen MR) is 110 cm³/mol. The Bertz CT molecular complexity index is 986. The van der Waals surface area contributed by atoms with Gasteiger partial charge in [-0.3, -0.25) is 4.79 Å². The fourth-order valence-corrected chi connectivity index (χ4v) is 3.67. The highest BCUT2D eigenvalue weighted by Gasteiger charge is 2.28. The zero-order valence-electron chi connectivity index (χ0n) is 16.9. The molecule has 1 atom stereocenters. The second kappa shape index (κ2) is 9.07. The summed E-state index contributed by atoms with van der Waals surface area (Å²) < 4.78 is 24.4. The van der Waals surface area contributed by atoms with E-state index < -0.39 is 0 Å². The van der Waals surface area contributed by atoms with Gasteiger partial charge in [0.1, 0.15) is 11.6 Å². The molecule has 0 spiro atoms. The van der Waals surface area contributed by atoms with Crippen LogP contribution in [0.25, 0.3) is 11.5 Å². The van der Waals surface area contributed by atoms with Crippen LogP contribution in [0.1, 0.15) is 37.1 Å². The largest absolute Gasteiger partial charge is 0.494 e. The monoisotopic (exact) mass is 409 g/mol. The molecule has 1 saturated heterocycles. The van der Waals surface area contributed by atoms with E-state index in [0.29, 0.717) is 36.9 Å². The van der Waals surface area contributed by atoms with Gasteiger partial charge in [-0.25, -0.2) is 4.39 Å². The first-order valence-electron chi connectivity index (χ1n) is 10.2. The molecular formula is C23H24FN3O3. The molecule has 4 rings (SSSR count). The van der Waals surface area contributed by atoms with Crippen LogP contribution in [-0.4, -0.2) is 40.7 Å². The summed E-state index contributed by atoms with van der Waals surface area (Å²) in [5.41, 5.74) is 1.64. The van der Waals surface area contributed by atoms with Crippen molar-refractivity contribution in [1.29, 1.82) is 0 Å². The molecule has 6 nitrogen and oxygen atoms in total. The van der Waals surface area contributed by atoms with E-state index in [4.69, 9.17) is 9.15 Å². The molecule has 0 aliphatic carbocycles. The average molecular weight is 409 g/mol. The molecule has 0 saturated carbocycles. The molecule has 7 heteroatoms. The van der Waals surface area contributed by atoms with E-state index in [2.05, 4.69) is 10.2 Å². The Morgan fingerprint density at radius 2 is 1.93 bits per heavy atom. The summed E-state index contributed by atoms with van der Waals surface area (Å²) in [7, 11) is 0. The molecule has 2 aromatic carbocycles. The molecule has 3 aromatic rings. The minimum atomic E-state index is -0.313. The van der Waals surface area contributed by atoms with Crippen LogP contribution in [0.2, 0.25) is 0 Å². The first kappa shape index (κ1) is 20.1. The van der Waals surface area contributed by atoms with Gasteiger partial charge in [-0.1, -0.05) is 12.1 Å². The normalized spacial score (nSPS) is 16.5. The van der Waals surface area contributed by atoms with Gasteiger partial charge in [0.15, 0.2) is 0 Å². The molecular weight excluding hydrogens is 385 g/mol. The van der Waals surface area contributed by atoms with Crippen LogP contribution in [0.5, 0.6) is 5.75 Å². The molecule has 0 N–H and O–H groups in total. The van der Waals surface area contributed by atoms with Crippen molar-refractivity contribution in [2.24, 2.45) is 0 Å². The van der Waals surface area contributed by atoms with Gasteiger partial charge in [-0.2, -0.15) is 0 Å². The Labute approximate surface area is 174 Å². The first-order valence-corrected chi connectivity index (χ1v) is 10.2. The van der Waals surface area contributed by atoms with E-state index in [0.717, 1.165) is 30.7 Å². The second-order valence-electron chi connectivity index (χ2n) is 7.38. The maximum Gasteiger partial charge on any atom is 0.247 e. The number of ether oxygens (including phenoxy) is 1. The molecule has 2 heterocycles. The van der Waals surface area contributed by atoms with Gasteiger partial charge in [0.05, 0.1) is 18.9 Å². The van der Waals surface area contributed by atoms with Crippen LogP contribution in [0.3, 0.4) is 0 Å². The maximum atomic E-state index is 13.1. The quantitative estimate of drug-likeness (QED) is 0.610. The van der Waals surface area contributed by atoms with E-state index in [1.165, 1.54) is 12.1 Å².